The molecule has 0 radical (unpaired) electrons. The predicted octanol–water partition coefficient (Wildman–Crippen LogP) is -2.07. The van der Waals surface area contributed by atoms with Crippen LogP contribution in [0.2, 0.25) is 0 Å². The van der Waals surface area contributed by atoms with Gasteiger partial charge < -0.3 is 75.1 Å². The van der Waals surface area contributed by atoms with Gasteiger partial charge in [-0.05, 0) is 18.2 Å². The van der Waals surface area contributed by atoms with Gasteiger partial charge in [0.1, 0.15) is 12.2 Å². The van der Waals surface area contributed by atoms with E-state index < -0.39 is 143 Å². The van der Waals surface area contributed by atoms with Crippen LogP contribution in [0.5, 0.6) is 34.5 Å². The molecule has 2 aromatic rings. The standard InChI is InChI=1S/C27H26O20/c28-5-12-18(36)22(20(38)27(44-12)47-24(41)6-1-9(29)16(34)10(30)2-6)46-26(43)8(4-13(32)33)15-14-7(3-11(31)17(35)19(14)37)25(42)45-21(15)23(39)40/h1-3,8,12,15,18,20-22,27-31,34-38H,4-5H2,(H,32,33)(H,39,40)/t8-,12-,15-,18+,20-,21-,22-,27-/m0/s1. The number of phenols is 6. The summed E-state index contributed by atoms with van der Waals surface area (Å²) in [5.41, 5.74) is -2.18. The number of hydrogen-bond donors (Lipinski definition) is 11. The largest absolute Gasteiger partial charge is 0.504 e. The second-order valence-corrected chi connectivity index (χ2v) is 10.3. The third-order valence-electron chi connectivity index (χ3n) is 7.38. The Morgan fingerprint density at radius 2 is 1.43 bits per heavy atom. The number of carbonyl (C=O) groups is 5. The molecule has 0 spiro atoms. The van der Waals surface area contributed by atoms with Crippen LogP contribution in [0.15, 0.2) is 18.2 Å². The lowest BCUT2D eigenvalue weighted by Crippen LogP contribution is -2.61. The number of ether oxygens (including phenoxy) is 4. The molecule has 8 atom stereocenters. The molecule has 0 aliphatic carbocycles. The summed E-state index contributed by atoms with van der Waals surface area (Å²) < 4.78 is 20.2. The fourth-order valence-corrected chi connectivity index (χ4v) is 5.14. The summed E-state index contributed by atoms with van der Waals surface area (Å²) in [6, 6.07) is 1.87. The molecule has 4 rings (SSSR count). The van der Waals surface area contributed by atoms with Crippen LogP contribution >= 0.6 is 0 Å². The van der Waals surface area contributed by atoms with Crippen molar-refractivity contribution in [1.29, 1.82) is 0 Å². The predicted molar refractivity (Wildman–Crippen MR) is 141 cm³/mol. The van der Waals surface area contributed by atoms with Crippen LogP contribution in [-0.4, -0.2) is 129 Å². The number of aliphatic carboxylic acids is 2. The van der Waals surface area contributed by atoms with Gasteiger partial charge in [0, 0.05) is 5.56 Å². The highest BCUT2D eigenvalue weighted by Crippen LogP contribution is 2.50. The minimum atomic E-state index is -2.40. The summed E-state index contributed by atoms with van der Waals surface area (Å²) in [5.74, 6) is -19.2. The van der Waals surface area contributed by atoms with E-state index in [1.807, 2.05) is 0 Å². The SMILES string of the molecule is O=C(O)C[C@H](C(=O)O[C@@H]1[C@H](O)[C@H](OC(=O)c2cc(O)c(O)c(O)c2)O[C@@H](CO)[C@H]1O)[C@H]1c2c(cc(O)c(O)c2O)C(=O)O[C@@H]1C(=O)O. The number of hydrogen-bond acceptors (Lipinski definition) is 18. The normalized spacial score (nSPS) is 25.9. The fraction of sp³-hybridized carbons (Fsp3) is 0.370. The average molecular weight is 670 g/mol. The number of carboxylic acids is 2. The van der Waals surface area contributed by atoms with Crippen LogP contribution in [0.4, 0.5) is 0 Å². The molecule has 2 aliphatic heterocycles. The number of carbonyl (C=O) groups excluding carboxylic acids is 3. The van der Waals surface area contributed by atoms with E-state index in [1.165, 1.54) is 0 Å². The third-order valence-corrected chi connectivity index (χ3v) is 7.38. The molecule has 1 saturated heterocycles. The summed E-state index contributed by atoms with van der Waals surface area (Å²) in [7, 11) is 0. The molecule has 0 amide bonds. The molecule has 0 saturated carbocycles. The van der Waals surface area contributed by atoms with Crippen molar-refractivity contribution in [3.63, 3.8) is 0 Å². The highest BCUT2D eigenvalue weighted by Gasteiger charge is 2.53. The van der Waals surface area contributed by atoms with E-state index in [9.17, 15) is 80.1 Å². The molecule has 2 aromatic carbocycles. The van der Waals surface area contributed by atoms with E-state index in [2.05, 4.69) is 0 Å². The van der Waals surface area contributed by atoms with Gasteiger partial charge in [0.05, 0.1) is 36.0 Å². The average Bonchev–Trinajstić information content (AvgIpc) is 3.00. The number of aromatic hydroxyl groups is 6. The van der Waals surface area contributed by atoms with Crippen molar-refractivity contribution in [1.82, 2.24) is 0 Å². The number of cyclic esters (lactones) is 1. The Morgan fingerprint density at radius 1 is 0.830 bits per heavy atom. The number of fused-ring (bicyclic) bond motifs is 1. The van der Waals surface area contributed by atoms with Crippen LogP contribution in [0.3, 0.4) is 0 Å². The highest BCUT2D eigenvalue weighted by atomic mass is 16.7. The number of rotatable bonds is 9. The molecule has 0 unspecified atom stereocenters. The zero-order chi connectivity index (χ0) is 35.1. The molecule has 2 heterocycles. The Bertz CT molecular complexity index is 1590. The molecule has 11 N–H and O–H groups in total. The number of aliphatic hydroxyl groups excluding tert-OH is 3. The smallest absolute Gasteiger partial charge is 0.345 e. The molecule has 0 bridgehead atoms. The van der Waals surface area contributed by atoms with Crippen LogP contribution in [0.25, 0.3) is 0 Å². The first-order chi connectivity index (χ1) is 22.0. The van der Waals surface area contributed by atoms with Crippen molar-refractivity contribution in [2.24, 2.45) is 5.92 Å². The summed E-state index contributed by atoms with van der Waals surface area (Å²) in [6.07, 6.45) is -14.3. The molecule has 47 heavy (non-hydrogen) atoms. The van der Waals surface area contributed by atoms with Crippen molar-refractivity contribution in [2.75, 3.05) is 6.61 Å². The molecule has 2 aliphatic rings. The van der Waals surface area contributed by atoms with Crippen LogP contribution in [0, 0.1) is 5.92 Å². The Labute approximate surface area is 260 Å². The number of carboxylic acid groups (broad SMARTS) is 2. The monoisotopic (exact) mass is 670 g/mol. The van der Waals surface area contributed by atoms with Gasteiger partial charge in [0.2, 0.25) is 18.1 Å². The Balaban J connectivity index is 1.70. The van der Waals surface area contributed by atoms with Gasteiger partial charge in [-0.25, -0.2) is 14.4 Å². The lowest BCUT2D eigenvalue weighted by molar-refractivity contribution is -0.289. The molecular formula is C27H26O20. The molecule has 20 heteroatoms. The topological polar surface area (TPSA) is 345 Å². The minimum Gasteiger partial charge on any atom is -0.504 e. The van der Waals surface area contributed by atoms with E-state index in [4.69, 9.17) is 18.9 Å². The van der Waals surface area contributed by atoms with Gasteiger partial charge in [-0.2, -0.15) is 0 Å². The van der Waals surface area contributed by atoms with E-state index in [0.717, 1.165) is 0 Å². The molecular weight excluding hydrogens is 644 g/mol. The van der Waals surface area contributed by atoms with Crippen LogP contribution in [-0.2, 0) is 33.3 Å². The first kappa shape index (κ1) is 34.3. The van der Waals surface area contributed by atoms with Crippen LogP contribution < -0.4 is 0 Å². The van der Waals surface area contributed by atoms with E-state index >= 15 is 0 Å². The van der Waals surface area contributed by atoms with Crippen molar-refractivity contribution in [3.8, 4) is 34.5 Å². The maximum Gasteiger partial charge on any atom is 0.345 e. The lowest BCUT2D eigenvalue weighted by atomic mass is 9.76. The van der Waals surface area contributed by atoms with Crippen molar-refractivity contribution in [3.05, 3.63) is 34.9 Å². The maximum atomic E-state index is 13.6. The number of benzene rings is 2. The lowest BCUT2D eigenvalue weighted by Gasteiger charge is -2.42. The van der Waals surface area contributed by atoms with E-state index in [1.54, 1.807) is 0 Å². The molecule has 1 fully saturated rings. The van der Waals surface area contributed by atoms with Crippen LogP contribution in [0.1, 0.15) is 38.6 Å². The van der Waals surface area contributed by atoms with Gasteiger partial charge in [0.25, 0.3) is 0 Å². The summed E-state index contributed by atoms with van der Waals surface area (Å²) in [6.45, 7) is -1.06. The second kappa shape index (κ2) is 13.0. The zero-order valence-corrected chi connectivity index (χ0v) is 23.4. The fourth-order valence-electron chi connectivity index (χ4n) is 5.14. The maximum absolute atomic E-state index is 13.6. The van der Waals surface area contributed by atoms with Crippen molar-refractivity contribution in [2.45, 2.75) is 49.1 Å². The Kier molecular flexibility index (Phi) is 9.52. The third kappa shape index (κ3) is 6.42. The van der Waals surface area contributed by atoms with E-state index in [0.29, 0.717) is 18.2 Å². The van der Waals surface area contributed by atoms with E-state index in [-0.39, 0.29) is 0 Å². The Hall–Kier alpha value is -5.57. The Morgan fingerprint density at radius 3 is 1.98 bits per heavy atom. The number of esters is 3. The van der Waals surface area contributed by atoms with Gasteiger partial charge in [0.15, 0.2) is 41.0 Å². The number of phenolic OH excluding ortho intramolecular Hbond substituents is 6. The van der Waals surface area contributed by atoms with Gasteiger partial charge in [-0.15, -0.1) is 0 Å². The minimum absolute atomic E-state index is 0.561. The second-order valence-electron chi connectivity index (χ2n) is 10.3. The number of aliphatic hydroxyl groups is 3. The summed E-state index contributed by atoms with van der Waals surface area (Å²) in [5, 5.41) is 110. The van der Waals surface area contributed by atoms with Gasteiger partial charge in [-0.1, -0.05) is 0 Å². The van der Waals surface area contributed by atoms with Crippen molar-refractivity contribution < 1.29 is 99.1 Å². The van der Waals surface area contributed by atoms with Gasteiger partial charge in [-0.3, -0.25) is 9.59 Å². The zero-order valence-electron chi connectivity index (χ0n) is 23.4. The quantitative estimate of drug-likeness (QED) is 0.0774. The highest BCUT2D eigenvalue weighted by molar-refractivity contribution is 5.98. The first-order valence-corrected chi connectivity index (χ1v) is 13.2. The van der Waals surface area contributed by atoms with Gasteiger partial charge >= 0.3 is 29.8 Å². The summed E-state index contributed by atoms with van der Waals surface area (Å²) >= 11 is 0. The summed E-state index contributed by atoms with van der Waals surface area (Å²) in [4.78, 5) is 62.7. The molecule has 0 aromatic heterocycles. The molecule has 254 valence electrons. The first-order valence-electron chi connectivity index (χ1n) is 13.2. The van der Waals surface area contributed by atoms with Crippen molar-refractivity contribution >= 4 is 29.8 Å². The molecule has 20 nitrogen and oxygen atoms in total.